The van der Waals surface area contributed by atoms with Crippen LogP contribution in [-0.2, 0) is 9.59 Å². The number of methoxy groups -OCH3 is 1. The maximum atomic E-state index is 13.2. The van der Waals surface area contributed by atoms with E-state index in [-0.39, 0.29) is 11.3 Å². The number of amides is 1. The quantitative estimate of drug-likeness (QED) is 0.297. The predicted octanol–water partition coefficient (Wildman–Crippen LogP) is 5.72. The van der Waals surface area contributed by atoms with Crippen molar-refractivity contribution in [2.45, 2.75) is 25.8 Å². The van der Waals surface area contributed by atoms with E-state index >= 15 is 0 Å². The molecule has 1 amide bonds. The van der Waals surface area contributed by atoms with Crippen molar-refractivity contribution in [3.05, 3.63) is 82.4 Å². The van der Waals surface area contributed by atoms with Gasteiger partial charge in [0.15, 0.2) is 0 Å². The number of ketones is 1. The van der Waals surface area contributed by atoms with Crippen molar-refractivity contribution in [3.63, 3.8) is 0 Å². The fraction of sp³-hybridized carbons (Fsp3) is 0.231. The maximum absolute atomic E-state index is 13.2. The van der Waals surface area contributed by atoms with Crippen molar-refractivity contribution in [1.29, 1.82) is 0 Å². The Hall–Kier alpha value is -3.31. The number of ether oxygens (including phenoxy) is 1. The molecule has 0 saturated carbocycles. The number of likely N-dealkylation sites (tertiary alicyclic amines) is 1. The molecule has 0 radical (unpaired) electrons. The van der Waals surface area contributed by atoms with E-state index in [1.165, 1.54) is 13.2 Å². The van der Waals surface area contributed by atoms with Crippen LogP contribution in [0.5, 0.6) is 5.75 Å². The molecule has 4 rings (SSSR count). The molecule has 32 heavy (non-hydrogen) atoms. The second-order valence-electron chi connectivity index (χ2n) is 7.76. The summed E-state index contributed by atoms with van der Waals surface area (Å²) in [6.45, 7) is 2.46. The number of carbonyl (C=O) groups is 2. The lowest BCUT2D eigenvalue weighted by atomic mass is 9.91. The van der Waals surface area contributed by atoms with Gasteiger partial charge in [-0.3, -0.25) is 9.59 Å². The lowest BCUT2D eigenvalue weighted by molar-refractivity contribution is -0.139. The molecule has 1 heterocycles. The zero-order valence-electron chi connectivity index (χ0n) is 18.0. The summed E-state index contributed by atoms with van der Waals surface area (Å²) in [6, 6.07) is 17.7. The second-order valence-corrected chi connectivity index (χ2v) is 8.17. The Labute approximate surface area is 191 Å². The van der Waals surface area contributed by atoms with E-state index in [1.807, 2.05) is 49.4 Å². The van der Waals surface area contributed by atoms with Gasteiger partial charge in [0.2, 0.25) is 0 Å². The molecule has 1 fully saturated rings. The van der Waals surface area contributed by atoms with E-state index in [0.717, 1.165) is 29.2 Å². The van der Waals surface area contributed by atoms with Crippen molar-refractivity contribution < 1.29 is 19.4 Å². The minimum Gasteiger partial charge on any atom is -0.507 e. The minimum absolute atomic E-state index is 0.0729. The molecule has 1 aliphatic rings. The Morgan fingerprint density at radius 3 is 2.56 bits per heavy atom. The molecule has 0 spiro atoms. The molecule has 5 nitrogen and oxygen atoms in total. The van der Waals surface area contributed by atoms with Crippen molar-refractivity contribution >= 4 is 39.8 Å². The van der Waals surface area contributed by atoms with E-state index in [1.54, 1.807) is 17.0 Å². The zero-order valence-corrected chi connectivity index (χ0v) is 18.7. The largest absolute Gasteiger partial charge is 0.507 e. The van der Waals surface area contributed by atoms with Crippen LogP contribution in [0, 0.1) is 0 Å². The monoisotopic (exact) mass is 449 g/mol. The van der Waals surface area contributed by atoms with Crippen molar-refractivity contribution in [2.75, 3.05) is 13.7 Å². The topological polar surface area (TPSA) is 66.8 Å². The number of carbonyl (C=O) groups excluding carboxylic acids is 2. The number of aliphatic hydroxyl groups excluding tert-OH is 1. The zero-order chi connectivity index (χ0) is 22.8. The number of Topliss-reactive ketones (excluding diaryl/α,β-unsaturated/α-hetero) is 1. The predicted molar refractivity (Wildman–Crippen MR) is 126 cm³/mol. The van der Waals surface area contributed by atoms with Crippen LogP contribution in [0.3, 0.4) is 0 Å². The van der Waals surface area contributed by atoms with Gasteiger partial charge in [0.1, 0.15) is 11.5 Å². The highest BCUT2D eigenvalue weighted by Crippen LogP contribution is 2.42. The lowest BCUT2D eigenvalue weighted by Gasteiger charge is -2.26. The maximum Gasteiger partial charge on any atom is 0.295 e. The summed E-state index contributed by atoms with van der Waals surface area (Å²) in [5, 5.41) is 13.5. The normalized spacial score (nSPS) is 17.8. The third-order valence-electron chi connectivity index (χ3n) is 5.84. The van der Waals surface area contributed by atoms with Gasteiger partial charge in [-0.2, -0.15) is 0 Å². The molecular formula is C26H24ClNO4. The van der Waals surface area contributed by atoms with Crippen LogP contribution < -0.4 is 4.74 Å². The van der Waals surface area contributed by atoms with Crippen LogP contribution in [0.4, 0.5) is 0 Å². The third-order valence-corrected chi connectivity index (χ3v) is 6.13. The number of hydrogen-bond acceptors (Lipinski definition) is 4. The SMILES string of the molecule is CCCCN1C(=O)C(=O)/C(=C(\O)c2ccc(OC)c(Cl)c2)C1c1cccc2ccccc12. The summed E-state index contributed by atoms with van der Waals surface area (Å²) >= 11 is 6.25. The van der Waals surface area contributed by atoms with Crippen molar-refractivity contribution in [3.8, 4) is 5.75 Å². The van der Waals surface area contributed by atoms with Gasteiger partial charge in [-0.1, -0.05) is 67.4 Å². The van der Waals surface area contributed by atoms with Gasteiger partial charge in [0, 0.05) is 12.1 Å². The molecule has 1 N–H and O–H groups in total. The average Bonchev–Trinajstić information content (AvgIpc) is 3.06. The number of aliphatic hydroxyl groups is 1. The van der Waals surface area contributed by atoms with Gasteiger partial charge in [-0.15, -0.1) is 0 Å². The summed E-state index contributed by atoms with van der Waals surface area (Å²) in [4.78, 5) is 27.8. The molecule has 0 bridgehead atoms. The second kappa shape index (κ2) is 9.05. The lowest BCUT2D eigenvalue weighted by Crippen LogP contribution is -2.30. The van der Waals surface area contributed by atoms with E-state index in [4.69, 9.17) is 16.3 Å². The highest BCUT2D eigenvalue weighted by Gasteiger charge is 2.46. The molecule has 6 heteroatoms. The number of fused-ring (bicyclic) bond motifs is 1. The van der Waals surface area contributed by atoms with E-state index in [9.17, 15) is 14.7 Å². The molecule has 1 unspecified atom stereocenters. The molecular weight excluding hydrogens is 426 g/mol. The minimum atomic E-state index is -0.691. The first-order chi connectivity index (χ1) is 15.5. The highest BCUT2D eigenvalue weighted by atomic mass is 35.5. The molecule has 0 aliphatic carbocycles. The summed E-state index contributed by atoms with van der Waals surface area (Å²) in [5.41, 5.74) is 1.23. The average molecular weight is 450 g/mol. The fourth-order valence-corrected chi connectivity index (χ4v) is 4.48. The Balaban J connectivity index is 1.94. The summed E-state index contributed by atoms with van der Waals surface area (Å²) in [7, 11) is 1.50. The molecule has 1 atom stereocenters. The Bertz CT molecular complexity index is 1230. The highest BCUT2D eigenvalue weighted by molar-refractivity contribution is 6.46. The van der Waals surface area contributed by atoms with Gasteiger partial charge < -0.3 is 14.7 Å². The van der Waals surface area contributed by atoms with Crippen molar-refractivity contribution in [2.24, 2.45) is 0 Å². The van der Waals surface area contributed by atoms with Crippen LogP contribution in [0.2, 0.25) is 5.02 Å². The molecule has 1 saturated heterocycles. The van der Waals surface area contributed by atoms with Crippen molar-refractivity contribution in [1.82, 2.24) is 4.90 Å². The number of unbranched alkanes of at least 4 members (excludes halogenated alkanes) is 1. The van der Waals surface area contributed by atoms with Crippen LogP contribution >= 0.6 is 11.6 Å². The standard InChI is InChI=1S/C26H24ClNO4/c1-3-4-14-28-23(19-11-7-9-16-8-5-6-10-18(16)19)22(25(30)26(28)31)24(29)17-12-13-21(32-2)20(27)15-17/h5-13,15,23,29H,3-4,14H2,1-2H3/b24-22-. The molecule has 1 aliphatic heterocycles. The summed E-state index contributed by atoms with van der Waals surface area (Å²) in [5.74, 6) is -1.08. The Morgan fingerprint density at radius 2 is 1.84 bits per heavy atom. The molecule has 0 aromatic heterocycles. The fourth-order valence-electron chi connectivity index (χ4n) is 4.22. The smallest absolute Gasteiger partial charge is 0.295 e. The van der Waals surface area contributed by atoms with Crippen LogP contribution in [0.1, 0.15) is 36.9 Å². The number of halogens is 1. The number of rotatable bonds is 6. The van der Waals surface area contributed by atoms with Gasteiger partial charge in [0.05, 0.1) is 23.7 Å². The first-order valence-electron chi connectivity index (χ1n) is 10.6. The van der Waals surface area contributed by atoms with E-state index in [2.05, 4.69) is 0 Å². The summed E-state index contributed by atoms with van der Waals surface area (Å²) in [6.07, 6.45) is 1.63. The molecule has 3 aromatic rings. The van der Waals surface area contributed by atoms with Gasteiger partial charge in [-0.05, 0) is 41.0 Å². The van der Waals surface area contributed by atoms with Gasteiger partial charge >= 0.3 is 0 Å². The number of hydrogen-bond donors (Lipinski definition) is 1. The van der Waals surface area contributed by atoms with E-state index < -0.39 is 17.7 Å². The summed E-state index contributed by atoms with van der Waals surface area (Å²) < 4.78 is 5.18. The Kier molecular flexibility index (Phi) is 6.19. The van der Waals surface area contributed by atoms with Crippen LogP contribution in [-0.4, -0.2) is 35.4 Å². The van der Waals surface area contributed by atoms with Crippen LogP contribution in [0.25, 0.3) is 16.5 Å². The van der Waals surface area contributed by atoms with Gasteiger partial charge in [-0.25, -0.2) is 0 Å². The third kappa shape index (κ3) is 3.73. The Morgan fingerprint density at radius 1 is 1.09 bits per heavy atom. The van der Waals surface area contributed by atoms with Gasteiger partial charge in [0.25, 0.3) is 11.7 Å². The number of nitrogens with zero attached hydrogens (tertiary/aromatic N) is 1. The van der Waals surface area contributed by atoms with E-state index in [0.29, 0.717) is 22.9 Å². The molecule has 3 aromatic carbocycles. The molecule has 164 valence electrons. The first-order valence-corrected chi connectivity index (χ1v) is 11.0. The number of benzene rings is 3. The first kappa shape index (κ1) is 21.9. The van der Waals surface area contributed by atoms with Crippen LogP contribution in [0.15, 0.2) is 66.2 Å².